The van der Waals surface area contributed by atoms with Crippen LogP contribution in [0.15, 0.2) is 24.3 Å². The Kier molecular flexibility index (Phi) is 3.31. The van der Waals surface area contributed by atoms with Gasteiger partial charge in [0, 0.05) is 0 Å². The maximum atomic E-state index is 4.84. The fourth-order valence-corrected chi connectivity index (χ4v) is 3.28. The van der Waals surface area contributed by atoms with Crippen LogP contribution in [0.2, 0.25) is 0 Å². The topological polar surface area (TPSA) is 31.9 Å². The monoisotopic (exact) mass is 257 g/mol. The lowest BCUT2D eigenvalue weighted by Gasteiger charge is -2.43. The number of H-pyrrole nitrogens is 1. The van der Waals surface area contributed by atoms with E-state index >= 15 is 0 Å². The van der Waals surface area contributed by atoms with Gasteiger partial charge in [-0.3, -0.25) is 4.90 Å². The maximum absolute atomic E-state index is 4.84. The average molecular weight is 257 g/mol. The van der Waals surface area contributed by atoms with E-state index in [1.165, 1.54) is 32.2 Å². The molecule has 0 radical (unpaired) electrons. The van der Waals surface area contributed by atoms with E-state index in [0.717, 1.165) is 23.4 Å². The summed E-state index contributed by atoms with van der Waals surface area (Å²) in [5, 5.41) is 0. The number of nitrogens with zero attached hydrogens (tertiary/aromatic N) is 2. The molecular formula is C16H23N3. The number of aromatic amines is 1. The molecule has 1 aliphatic heterocycles. The molecule has 0 spiro atoms. The van der Waals surface area contributed by atoms with E-state index in [0.29, 0.717) is 0 Å². The molecule has 3 heteroatoms. The Balaban J connectivity index is 2.01. The highest BCUT2D eigenvalue weighted by atomic mass is 15.2. The smallest absolute Gasteiger partial charge is 0.127 e. The lowest BCUT2D eigenvalue weighted by molar-refractivity contribution is 0.0526. The van der Waals surface area contributed by atoms with Gasteiger partial charge in [0.2, 0.25) is 0 Å². The van der Waals surface area contributed by atoms with Crippen LogP contribution in [0.3, 0.4) is 0 Å². The van der Waals surface area contributed by atoms with Crippen molar-refractivity contribution in [1.29, 1.82) is 0 Å². The molecule has 1 unspecified atom stereocenters. The van der Waals surface area contributed by atoms with Crippen LogP contribution in [-0.2, 0) is 5.54 Å². The van der Waals surface area contributed by atoms with E-state index in [9.17, 15) is 0 Å². The van der Waals surface area contributed by atoms with E-state index in [1.807, 2.05) is 0 Å². The van der Waals surface area contributed by atoms with Crippen LogP contribution >= 0.6 is 0 Å². The Bertz CT molecular complexity index is 525. The summed E-state index contributed by atoms with van der Waals surface area (Å²) in [6.45, 7) is 6.96. The van der Waals surface area contributed by atoms with Crippen molar-refractivity contribution in [2.24, 2.45) is 0 Å². The first-order valence-corrected chi connectivity index (χ1v) is 7.44. The number of hydrogen-bond acceptors (Lipinski definition) is 2. The van der Waals surface area contributed by atoms with Crippen molar-refractivity contribution in [3.63, 3.8) is 0 Å². The predicted octanol–water partition coefficient (Wildman–Crippen LogP) is 3.67. The van der Waals surface area contributed by atoms with Gasteiger partial charge < -0.3 is 4.98 Å². The Morgan fingerprint density at radius 1 is 1.32 bits per heavy atom. The van der Waals surface area contributed by atoms with Gasteiger partial charge in [-0.2, -0.15) is 0 Å². The number of rotatable bonds is 3. The quantitative estimate of drug-likeness (QED) is 0.909. The summed E-state index contributed by atoms with van der Waals surface area (Å²) in [6, 6.07) is 8.32. The second-order valence-corrected chi connectivity index (χ2v) is 5.82. The molecule has 1 fully saturated rings. The Morgan fingerprint density at radius 3 is 2.95 bits per heavy atom. The number of hydrogen-bond donors (Lipinski definition) is 1. The average Bonchev–Trinajstić information content (AvgIpc) is 2.86. The Labute approximate surface area is 115 Å². The summed E-state index contributed by atoms with van der Waals surface area (Å²) in [5.74, 6) is 1.14. The van der Waals surface area contributed by atoms with E-state index in [2.05, 4.69) is 48.0 Å². The van der Waals surface area contributed by atoms with Gasteiger partial charge in [-0.05, 0) is 57.8 Å². The molecule has 2 aromatic rings. The zero-order valence-corrected chi connectivity index (χ0v) is 11.9. The van der Waals surface area contributed by atoms with Gasteiger partial charge in [0.1, 0.15) is 5.82 Å². The van der Waals surface area contributed by atoms with Crippen molar-refractivity contribution in [2.75, 3.05) is 13.1 Å². The van der Waals surface area contributed by atoms with E-state index in [1.54, 1.807) is 0 Å². The van der Waals surface area contributed by atoms with Crippen LogP contribution < -0.4 is 0 Å². The van der Waals surface area contributed by atoms with Crippen LogP contribution in [0.25, 0.3) is 11.0 Å². The van der Waals surface area contributed by atoms with Crippen molar-refractivity contribution in [3.8, 4) is 0 Å². The summed E-state index contributed by atoms with van der Waals surface area (Å²) in [7, 11) is 0. The highest BCUT2D eigenvalue weighted by Gasteiger charge is 2.37. The van der Waals surface area contributed by atoms with E-state index in [4.69, 9.17) is 4.98 Å². The lowest BCUT2D eigenvalue weighted by Crippen LogP contribution is -2.48. The Hall–Kier alpha value is -1.35. The van der Waals surface area contributed by atoms with Gasteiger partial charge in [-0.1, -0.05) is 19.1 Å². The number of nitrogens with one attached hydrogen (secondary N) is 1. The minimum atomic E-state index is 0.0767. The molecular weight excluding hydrogens is 234 g/mol. The molecule has 1 N–H and O–H groups in total. The van der Waals surface area contributed by atoms with Crippen LogP contribution in [0.5, 0.6) is 0 Å². The summed E-state index contributed by atoms with van der Waals surface area (Å²) < 4.78 is 0. The van der Waals surface area contributed by atoms with Crippen LogP contribution in [0, 0.1) is 0 Å². The van der Waals surface area contributed by atoms with Crippen molar-refractivity contribution in [3.05, 3.63) is 30.1 Å². The lowest BCUT2D eigenvalue weighted by atomic mass is 9.87. The second kappa shape index (κ2) is 4.97. The molecule has 3 rings (SSSR count). The van der Waals surface area contributed by atoms with Gasteiger partial charge in [0.25, 0.3) is 0 Å². The van der Waals surface area contributed by atoms with E-state index < -0.39 is 0 Å². The highest BCUT2D eigenvalue weighted by Crippen LogP contribution is 2.36. The molecule has 1 aliphatic rings. The van der Waals surface area contributed by atoms with Crippen LogP contribution in [-0.4, -0.2) is 28.0 Å². The number of likely N-dealkylation sites (tertiary alicyclic amines) is 1. The molecule has 0 amide bonds. The number of piperidine rings is 1. The summed E-state index contributed by atoms with van der Waals surface area (Å²) in [6.07, 6.45) is 5.02. The van der Waals surface area contributed by atoms with Crippen molar-refractivity contribution >= 4 is 11.0 Å². The van der Waals surface area contributed by atoms with Crippen molar-refractivity contribution < 1.29 is 0 Å². The molecule has 0 aliphatic carbocycles. The number of fused-ring (bicyclic) bond motifs is 1. The first kappa shape index (κ1) is 12.7. The molecule has 1 saturated heterocycles. The SMILES string of the molecule is CCCN1CCCCC1(C)c1nc2ccccc2[nH]1. The third-order valence-corrected chi connectivity index (χ3v) is 4.43. The minimum absolute atomic E-state index is 0.0767. The number of imidazole rings is 1. The molecule has 2 heterocycles. The molecule has 102 valence electrons. The third kappa shape index (κ3) is 2.16. The fourth-order valence-electron chi connectivity index (χ4n) is 3.28. The zero-order chi connectivity index (χ0) is 13.3. The molecule has 19 heavy (non-hydrogen) atoms. The predicted molar refractivity (Wildman–Crippen MR) is 79.2 cm³/mol. The number of benzene rings is 1. The van der Waals surface area contributed by atoms with Crippen LogP contribution in [0.4, 0.5) is 0 Å². The minimum Gasteiger partial charge on any atom is -0.340 e. The largest absolute Gasteiger partial charge is 0.340 e. The molecule has 3 nitrogen and oxygen atoms in total. The molecule has 0 bridgehead atoms. The van der Waals surface area contributed by atoms with Gasteiger partial charge in [0.15, 0.2) is 0 Å². The van der Waals surface area contributed by atoms with Crippen molar-refractivity contribution in [2.45, 2.75) is 45.1 Å². The highest BCUT2D eigenvalue weighted by molar-refractivity contribution is 5.74. The first-order valence-electron chi connectivity index (χ1n) is 7.44. The van der Waals surface area contributed by atoms with Gasteiger partial charge >= 0.3 is 0 Å². The maximum Gasteiger partial charge on any atom is 0.127 e. The van der Waals surface area contributed by atoms with Gasteiger partial charge in [-0.15, -0.1) is 0 Å². The normalized spacial score (nSPS) is 24.9. The third-order valence-electron chi connectivity index (χ3n) is 4.43. The number of para-hydroxylation sites is 2. The fraction of sp³-hybridized carbons (Fsp3) is 0.562. The summed E-state index contributed by atoms with van der Waals surface area (Å²) in [4.78, 5) is 11.0. The molecule has 1 atom stereocenters. The second-order valence-electron chi connectivity index (χ2n) is 5.82. The number of aromatic nitrogens is 2. The van der Waals surface area contributed by atoms with Gasteiger partial charge in [-0.25, -0.2) is 4.98 Å². The van der Waals surface area contributed by atoms with Gasteiger partial charge in [0.05, 0.1) is 16.6 Å². The van der Waals surface area contributed by atoms with E-state index in [-0.39, 0.29) is 5.54 Å². The molecule has 1 aromatic heterocycles. The molecule has 0 saturated carbocycles. The zero-order valence-electron chi connectivity index (χ0n) is 11.9. The van der Waals surface area contributed by atoms with Crippen LogP contribution in [0.1, 0.15) is 45.4 Å². The van der Waals surface area contributed by atoms with Crippen molar-refractivity contribution in [1.82, 2.24) is 14.9 Å². The molecule has 1 aromatic carbocycles. The Morgan fingerprint density at radius 2 is 2.16 bits per heavy atom. The first-order chi connectivity index (χ1) is 9.24. The summed E-state index contributed by atoms with van der Waals surface area (Å²) in [5.41, 5.74) is 2.31. The summed E-state index contributed by atoms with van der Waals surface area (Å²) >= 11 is 0. The standard InChI is InChI=1S/C16H23N3/c1-3-11-19-12-7-6-10-16(19,2)15-17-13-8-4-5-9-14(13)18-15/h4-5,8-9H,3,6-7,10-12H2,1-2H3,(H,17,18).